The predicted octanol–water partition coefficient (Wildman–Crippen LogP) is 5.10. The molecule has 1 fully saturated rings. The van der Waals surface area contributed by atoms with Crippen LogP contribution >= 0.6 is 11.6 Å². The van der Waals surface area contributed by atoms with Crippen LogP contribution in [-0.2, 0) is 4.74 Å². The first-order chi connectivity index (χ1) is 18.9. The zero-order valence-electron chi connectivity index (χ0n) is 20.9. The third-order valence-electron chi connectivity index (χ3n) is 5.69. The normalized spacial score (nSPS) is 13.1. The second kappa shape index (κ2) is 11.9. The van der Waals surface area contributed by atoms with E-state index in [-0.39, 0.29) is 17.5 Å². The van der Waals surface area contributed by atoms with Crippen molar-refractivity contribution >= 4 is 40.6 Å². The summed E-state index contributed by atoms with van der Waals surface area (Å²) in [7, 11) is 0. The Balaban J connectivity index is 1.18. The molecule has 12 heteroatoms. The fraction of sp³-hybridized carbons (Fsp3) is 0.185. The number of anilines is 4. The topological polar surface area (TPSA) is 114 Å². The van der Waals surface area contributed by atoms with Crippen molar-refractivity contribution < 1.29 is 18.7 Å². The summed E-state index contributed by atoms with van der Waals surface area (Å²) in [6, 6.07) is 16.2. The van der Waals surface area contributed by atoms with Gasteiger partial charge in [-0.3, -0.25) is 15.6 Å². The summed E-state index contributed by atoms with van der Waals surface area (Å²) in [6.07, 6.45) is 2.59. The first-order valence-corrected chi connectivity index (χ1v) is 12.5. The van der Waals surface area contributed by atoms with E-state index in [2.05, 4.69) is 31.1 Å². The predicted molar refractivity (Wildman–Crippen MR) is 146 cm³/mol. The number of carbonyl (C=O) groups excluding carboxylic acids is 1. The minimum atomic E-state index is -0.546. The molecule has 39 heavy (non-hydrogen) atoms. The fourth-order valence-electron chi connectivity index (χ4n) is 3.90. The molecule has 0 bridgehead atoms. The molecule has 0 unspecified atom stereocenters. The highest BCUT2D eigenvalue weighted by atomic mass is 35.5. The molecule has 0 spiro atoms. The van der Waals surface area contributed by atoms with E-state index in [1.54, 1.807) is 23.1 Å². The molecule has 5 rings (SSSR count). The van der Waals surface area contributed by atoms with Crippen molar-refractivity contribution in [1.82, 2.24) is 20.4 Å². The van der Waals surface area contributed by atoms with E-state index < -0.39 is 11.7 Å². The van der Waals surface area contributed by atoms with E-state index in [9.17, 15) is 9.18 Å². The molecule has 10 nitrogen and oxygen atoms in total. The van der Waals surface area contributed by atoms with Crippen LogP contribution in [0.25, 0.3) is 0 Å². The standard InChI is InChI=1S/C27H25ClFN7O3/c1-17-11-18(28)13-22(12-17)39-21-4-2-3-19(14-21)32-20-5-6-24(30-15-20)26(37)34-35-27-31-16-23(29)25(33-27)36-7-9-38-10-8-36/h2-6,11-16,32H,7-10H2,1H3,(H,34,37)(H,31,33,35). The van der Waals surface area contributed by atoms with Crippen LogP contribution in [0.1, 0.15) is 16.1 Å². The molecule has 3 N–H and O–H groups in total. The average Bonchev–Trinajstić information content (AvgIpc) is 2.93. The Labute approximate surface area is 229 Å². The molecule has 0 radical (unpaired) electrons. The number of hydrazine groups is 1. The summed E-state index contributed by atoms with van der Waals surface area (Å²) in [5.74, 6) is 0.433. The molecule has 200 valence electrons. The Morgan fingerprint density at radius 1 is 1.03 bits per heavy atom. The second-order valence-corrected chi connectivity index (χ2v) is 9.13. The highest BCUT2D eigenvalue weighted by molar-refractivity contribution is 6.30. The molecule has 0 atom stereocenters. The number of nitrogens with one attached hydrogen (secondary N) is 3. The lowest BCUT2D eigenvalue weighted by Crippen LogP contribution is -2.38. The van der Waals surface area contributed by atoms with Crippen LogP contribution in [-0.4, -0.2) is 47.2 Å². The van der Waals surface area contributed by atoms with Crippen LogP contribution in [0.5, 0.6) is 11.5 Å². The zero-order chi connectivity index (χ0) is 27.2. The van der Waals surface area contributed by atoms with Gasteiger partial charge in [0.25, 0.3) is 5.91 Å². The van der Waals surface area contributed by atoms with Gasteiger partial charge in [0.1, 0.15) is 17.2 Å². The van der Waals surface area contributed by atoms with Crippen LogP contribution < -0.4 is 25.8 Å². The van der Waals surface area contributed by atoms with E-state index in [1.165, 1.54) is 6.20 Å². The number of ether oxygens (including phenoxy) is 2. The van der Waals surface area contributed by atoms with Crippen LogP contribution in [0.15, 0.2) is 67.0 Å². The average molecular weight is 550 g/mol. The number of pyridine rings is 1. The molecular formula is C27H25ClFN7O3. The third-order valence-corrected chi connectivity index (χ3v) is 5.91. The number of rotatable bonds is 8. The Morgan fingerprint density at radius 2 is 1.87 bits per heavy atom. The van der Waals surface area contributed by atoms with Gasteiger partial charge in [0.15, 0.2) is 11.6 Å². The fourth-order valence-corrected chi connectivity index (χ4v) is 4.18. The van der Waals surface area contributed by atoms with Gasteiger partial charge in [-0.25, -0.2) is 14.4 Å². The monoisotopic (exact) mass is 549 g/mol. The smallest absolute Gasteiger partial charge is 0.288 e. The summed E-state index contributed by atoms with van der Waals surface area (Å²) < 4.78 is 25.4. The summed E-state index contributed by atoms with van der Waals surface area (Å²) >= 11 is 6.13. The molecule has 4 aromatic rings. The van der Waals surface area contributed by atoms with Crippen LogP contribution in [0, 0.1) is 12.7 Å². The van der Waals surface area contributed by atoms with Gasteiger partial charge in [-0.2, -0.15) is 4.98 Å². The van der Waals surface area contributed by atoms with E-state index in [4.69, 9.17) is 21.1 Å². The van der Waals surface area contributed by atoms with Gasteiger partial charge in [0.2, 0.25) is 5.95 Å². The molecular weight excluding hydrogens is 525 g/mol. The second-order valence-electron chi connectivity index (χ2n) is 8.69. The molecule has 2 aromatic carbocycles. The quantitative estimate of drug-likeness (QED) is 0.258. The van der Waals surface area contributed by atoms with E-state index in [0.29, 0.717) is 48.5 Å². The lowest BCUT2D eigenvalue weighted by Gasteiger charge is -2.28. The number of aromatic nitrogens is 3. The van der Waals surface area contributed by atoms with Crippen molar-refractivity contribution in [2.24, 2.45) is 0 Å². The maximum atomic E-state index is 14.2. The summed E-state index contributed by atoms with van der Waals surface area (Å²) in [6.45, 7) is 3.96. The third kappa shape index (κ3) is 6.89. The number of aryl methyl sites for hydroxylation is 1. The van der Waals surface area contributed by atoms with Crippen molar-refractivity contribution in [2.75, 3.05) is 41.9 Å². The summed E-state index contributed by atoms with van der Waals surface area (Å²) in [4.78, 5) is 26.6. The van der Waals surface area contributed by atoms with Gasteiger partial charge in [-0.05, 0) is 55.0 Å². The van der Waals surface area contributed by atoms with Crippen molar-refractivity contribution in [3.63, 3.8) is 0 Å². The number of halogens is 2. The largest absolute Gasteiger partial charge is 0.457 e. The minimum absolute atomic E-state index is 0.0552. The Bertz CT molecular complexity index is 1450. The number of amides is 1. The van der Waals surface area contributed by atoms with Crippen LogP contribution in [0.2, 0.25) is 5.02 Å². The molecule has 0 saturated carbocycles. The van der Waals surface area contributed by atoms with Gasteiger partial charge >= 0.3 is 0 Å². The SMILES string of the molecule is Cc1cc(Cl)cc(Oc2cccc(Nc3ccc(C(=O)NNc4ncc(F)c(N5CCOCC5)n4)nc3)c2)c1. The lowest BCUT2D eigenvalue weighted by atomic mass is 10.2. The molecule has 1 amide bonds. The number of carbonyl (C=O) groups is 1. The number of nitrogens with zero attached hydrogens (tertiary/aromatic N) is 4. The number of hydrogen-bond donors (Lipinski definition) is 3. The molecule has 2 aromatic heterocycles. The highest BCUT2D eigenvalue weighted by Gasteiger charge is 2.18. The first-order valence-electron chi connectivity index (χ1n) is 12.1. The zero-order valence-corrected chi connectivity index (χ0v) is 21.7. The Hall–Kier alpha value is -4.48. The van der Waals surface area contributed by atoms with Crippen LogP contribution in [0.3, 0.4) is 0 Å². The van der Waals surface area contributed by atoms with Gasteiger partial charge in [-0.15, -0.1) is 0 Å². The summed E-state index contributed by atoms with van der Waals surface area (Å²) in [5, 5.41) is 3.84. The first kappa shape index (κ1) is 26.1. The molecule has 1 aliphatic rings. The summed E-state index contributed by atoms with van der Waals surface area (Å²) in [5.41, 5.74) is 7.71. The van der Waals surface area contributed by atoms with E-state index in [0.717, 1.165) is 17.4 Å². The van der Waals surface area contributed by atoms with Gasteiger partial charge < -0.3 is 19.7 Å². The number of morpholine rings is 1. The van der Waals surface area contributed by atoms with Gasteiger partial charge in [0.05, 0.1) is 31.3 Å². The number of benzene rings is 2. The highest BCUT2D eigenvalue weighted by Crippen LogP contribution is 2.28. The Kier molecular flexibility index (Phi) is 7.99. The molecule has 3 heterocycles. The molecule has 0 aliphatic carbocycles. The van der Waals surface area contributed by atoms with Gasteiger partial charge in [-0.1, -0.05) is 17.7 Å². The van der Waals surface area contributed by atoms with E-state index >= 15 is 0 Å². The molecule has 1 aliphatic heterocycles. The Morgan fingerprint density at radius 3 is 2.64 bits per heavy atom. The molecule has 1 saturated heterocycles. The lowest BCUT2D eigenvalue weighted by molar-refractivity contribution is 0.0957. The van der Waals surface area contributed by atoms with Crippen molar-refractivity contribution in [3.8, 4) is 11.5 Å². The van der Waals surface area contributed by atoms with Crippen molar-refractivity contribution in [1.29, 1.82) is 0 Å². The van der Waals surface area contributed by atoms with Crippen molar-refractivity contribution in [2.45, 2.75) is 6.92 Å². The minimum Gasteiger partial charge on any atom is -0.457 e. The van der Waals surface area contributed by atoms with Crippen LogP contribution in [0.4, 0.5) is 27.5 Å². The number of hydrogen-bond acceptors (Lipinski definition) is 9. The van der Waals surface area contributed by atoms with E-state index in [1.807, 2.05) is 43.3 Å². The maximum Gasteiger partial charge on any atom is 0.288 e. The van der Waals surface area contributed by atoms with Gasteiger partial charge in [0, 0.05) is 29.9 Å². The maximum absolute atomic E-state index is 14.2. The van der Waals surface area contributed by atoms with Crippen molar-refractivity contribution in [3.05, 3.63) is 89.1 Å².